The number of rotatable bonds is 7. The van der Waals surface area contributed by atoms with Crippen LogP contribution < -0.4 is 10.6 Å². The van der Waals surface area contributed by atoms with Crippen molar-refractivity contribution in [2.45, 2.75) is 19.8 Å². The first-order valence-electron chi connectivity index (χ1n) is 7.22. The third-order valence-electron chi connectivity index (χ3n) is 3.02. The summed E-state index contributed by atoms with van der Waals surface area (Å²) >= 11 is 1.40. The minimum Gasteiger partial charge on any atom is -0.354 e. The van der Waals surface area contributed by atoms with E-state index in [0.29, 0.717) is 24.4 Å². The van der Waals surface area contributed by atoms with Crippen LogP contribution in [0.1, 0.15) is 27.2 Å². The quantitative estimate of drug-likeness (QED) is 0.765. The first kappa shape index (κ1) is 16.2. The number of carbonyl (C=O) groups is 2. The van der Waals surface area contributed by atoms with Crippen molar-refractivity contribution in [2.24, 2.45) is 0 Å². The largest absolute Gasteiger partial charge is 0.354 e. The summed E-state index contributed by atoms with van der Waals surface area (Å²) in [5, 5.41) is 6.51. The average molecular weight is 317 g/mol. The zero-order chi connectivity index (χ0) is 15.8. The van der Waals surface area contributed by atoms with E-state index in [1.165, 1.54) is 11.3 Å². The molecule has 22 heavy (non-hydrogen) atoms. The lowest BCUT2D eigenvalue weighted by Gasteiger charge is -2.06. The fourth-order valence-electron chi connectivity index (χ4n) is 1.89. The van der Waals surface area contributed by atoms with Crippen molar-refractivity contribution in [2.75, 3.05) is 13.1 Å². The molecule has 0 aliphatic heterocycles. The first-order chi connectivity index (χ1) is 10.7. The Bertz CT molecular complexity index is 625. The van der Waals surface area contributed by atoms with Gasteiger partial charge in [0.25, 0.3) is 5.91 Å². The van der Waals surface area contributed by atoms with Gasteiger partial charge in [-0.15, -0.1) is 11.3 Å². The summed E-state index contributed by atoms with van der Waals surface area (Å²) in [4.78, 5) is 28.3. The van der Waals surface area contributed by atoms with Gasteiger partial charge in [-0.2, -0.15) is 0 Å². The molecule has 2 amide bonds. The van der Waals surface area contributed by atoms with Crippen molar-refractivity contribution in [3.63, 3.8) is 0 Å². The lowest BCUT2D eigenvalue weighted by molar-refractivity contribution is -0.120. The minimum atomic E-state index is -0.144. The molecule has 1 aromatic carbocycles. The molecular weight excluding hydrogens is 298 g/mol. The van der Waals surface area contributed by atoms with Crippen LogP contribution in [-0.4, -0.2) is 29.9 Å². The molecule has 1 heterocycles. The Hall–Kier alpha value is -2.21. The van der Waals surface area contributed by atoms with Crippen molar-refractivity contribution < 1.29 is 9.59 Å². The van der Waals surface area contributed by atoms with Gasteiger partial charge in [0.05, 0.1) is 17.6 Å². The van der Waals surface area contributed by atoms with Crippen LogP contribution in [0.3, 0.4) is 0 Å². The number of hydrogen-bond donors (Lipinski definition) is 2. The van der Waals surface area contributed by atoms with Gasteiger partial charge in [-0.25, -0.2) is 4.98 Å². The highest BCUT2D eigenvalue weighted by molar-refractivity contribution is 7.13. The molecule has 0 spiro atoms. The second-order valence-corrected chi connectivity index (χ2v) is 5.86. The highest BCUT2D eigenvalue weighted by atomic mass is 32.1. The third-order valence-corrected chi connectivity index (χ3v) is 4.16. The topological polar surface area (TPSA) is 71.1 Å². The Balaban J connectivity index is 1.66. The summed E-state index contributed by atoms with van der Waals surface area (Å²) in [7, 11) is 0. The molecule has 0 saturated heterocycles. The molecule has 0 bridgehead atoms. The Morgan fingerprint density at radius 2 is 1.86 bits per heavy atom. The number of nitrogens with zero attached hydrogens (tertiary/aromatic N) is 1. The normalized spacial score (nSPS) is 10.2. The van der Waals surface area contributed by atoms with Crippen LogP contribution in [0.5, 0.6) is 0 Å². The summed E-state index contributed by atoms with van der Waals surface area (Å²) in [6, 6.07) is 9.55. The minimum absolute atomic E-state index is 0.0495. The highest BCUT2D eigenvalue weighted by Crippen LogP contribution is 2.12. The van der Waals surface area contributed by atoms with E-state index in [2.05, 4.69) is 15.6 Å². The standard InChI is InChI=1S/C16H19N3O2S/c1-2-15-19-11-13(22-15)16(21)18-9-8-17-14(20)10-12-6-4-3-5-7-12/h3-7,11H,2,8-10H2,1H3,(H,17,20)(H,18,21). The molecular formula is C16H19N3O2S. The van der Waals surface area contributed by atoms with Gasteiger partial charge in [0.1, 0.15) is 4.88 Å². The van der Waals surface area contributed by atoms with E-state index in [4.69, 9.17) is 0 Å². The van der Waals surface area contributed by atoms with E-state index in [-0.39, 0.29) is 11.8 Å². The van der Waals surface area contributed by atoms with Crippen LogP contribution in [-0.2, 0) is 17.6 Å². The van der Waals surface area contributed by atoms with Crippen molar-refractivity contribution in [1.29, 1.82) is 0 Å². The molecule has 0 fully saturated rings. The molecule has 2 N–H and O–H groups in total. The van der Waals surface area contributed by atoms with E-state index in [1.807, 2.05) is 37.3 Å². The molecule has 116 valence electrons. The maximum absolute atomic E-state index is 11.9. The molecule has 6 heteroatoms. The summed E-state index contributed by atoms with van der Waals surface area (Å²) in [6.45, 7) is 2.82. The molecule has 0 saturated carbocycles. The Labute approximate surface area is 133 Å². The monoisotopic (exact) mass is 317 g/mol. The summed E-state index contributed by atoms with van der Waals surface area (Å²) in [5.74, 6) is -0.194. The average Bonchev–Trinajstić information content (AvgIpc) is 3.01. The fourth-order valence-corrected chi connectivity index (χ4v) is 2.66. The lowest BCUT2D eigenvalue weighted by atomic mass is 10.1. The fraction of sp³-hybridized carbons (Fsp3) is 0.312. The number of thiazole rings is 1. The van der Waals surface area contributed by atoms with E-state index in [9.17, 15) is 9.59 Å². The Kier molecular flexibility index (Phi) is 6.09. The predicted molar refractivity (Wildman–Crippen MR) is 87.0 cm³/mol. The first-order valence-corrected chi connectivity index (χ1v) is 8.04. The highest BCUT2D eigenvalue weighted by Gasteiger charge is 2.09. The van der Waals surface area contributed by atoms with E-state index in [1.54, 1.807) is 6.20 Å². The number of amides is 2. The number of nitrogens with one attached hydrogen (secondary N) is 2. The van der Waals surface area contributed by atoms with Gasteiger partial charge in [-0.3, -0.25) is 9.59 Å². The van der Waals surface area contributed by atoms with Crippen LogP contribution in [0, 0.1) is 0 Å². The van der Waals surface area contributed by atoms with Gasteiger partial charge in [0.2, 0.25) is 5.91 Å². The van der Waals surface area contributed by atoms with Gasteiger partial charge < -0.3 is 10.6 Å². The van der Waals surface area contributed by atoms with Gasteiger partial charge >= 0.3 is 0 Å². The lowest BCUT2D eigenvalue weighted by Crippen LogP contribution is -2.35. The van der Waals surface area contributed by atoms with Crippen LogP contribution in [0.15, 0.2) is 36.5 Å². The molecule has 0 radical (unpaired) electrons. The van der Waals surface area contributed by atoms with Gasteiger partial charge in [-0.1, -0.05) is 37.3 Å². The maximum Gasteiger partial charge on any atom is 0.263 e. The van der Waals surface area contributed by atoms with Crippen LogP contribution >= 0.6 is 11.3 Å². The van der Waals surface area contributed by atoms with Crippen molar-refractivity contribution in [1.82, 2.24) is 15.6 Å². The van der Waals surface area contributed by atoms with Crippen molar-refractivity contribution >= 4 is 23.2 Å². The number of aromatic nitrogens is 1. The molecule has 2 rings (SSSR count). The van der Waals surface area contributed by atoms with Gasteiger partial charge in [-0.05, 0) is 12.0 Å². The van der Waals surface area contributed by atoms with Gasteiger partial charge in [0.15, 0.2) is 0 Å². The summed E-state index contributed by atoms with van der Waals surface area (Å²) < 4.78 is 0. The molecule has 2 aromatic rings. The second kappa shape index (κ2) is 8.29. The SMILES string of the molecule is CCc1ncc(C(=O)NCCNC(=O)Cc2ccccc2)s1. The molecule has 0 aliphatic rings. The summed E-state index contributed by atoms with van der Waals surface area (Å²) in [5.41, 5.74) is 0.973. The Morgan fingerprint density at radius 3 is 2.55 bits per heavy atom. The molecule has 1 aromatic heterocycles. The zero-order valence-electron chi connectivity index (χ0n) is 12.5. The van der Waals surface area contributed by atoms with Crippen LogP contribution in [0.4, 0.5) is 0 Å². The molecule has 0 unspecified atom stereocenters. The number of benzene rings is 1. The maximum atomic E-state index is 11.9. The van der Waals surface area contributed by atoms with E-state index < -0.39 is 0 Å². The predicted octanol–water partition coefficient (Wildman–Crippen LogP) is 1.79. The third kappa shape index (κ3) is 4.96. The number of hydrogen-bond acceptors (Lipinski definition) is 4. The van der Waals surface area contributed by atoms with E-state index >= 15 is 0 Å². The van der Waals surface area contributed by atoms with Gasteiger partial charge in [0, 0.05) is 13.1 Å². The smallest absolute Gasteiger partial charge is 0.263 e. The van der Waals surface area contributed by atoms with Crippen molar-refractivity contribution in [3.05, 3.63) is 52.0 Å². The van der Waals surface area contributed by atoms with Crippen LogP contribution in [0.2, 0.25) is 0 Å². The summed E-state index contributed by atoms with van der Waals surface area (Å²) in [6.07, 6.45) is 2.77. The van der Waals surface area contributed by atoms with Crippen molar-refractivity contribution in [3.8, 4) is 0 Å². The van der Waals surface area contributed by atoms with Crippen LogP contribution in [0.25, 0.3) is 0 Å². The number of carbonyl (C=O) groups excluding carboxylic acids is 2. The molecule has 0 aliphatic carbocycles. The zero-order valence-corrected chi connectivity index (χ0v) is 13.3. The second-order valence-electron chi connectivity index (χ2n) is 4.74. The number of aryl methyl sites for hydroxylation is 1. The Morgan fingerprint density at radius 1 is 1.14 bits per heavy atom. The van der Waals surface area contributed by atoms with E-state index in [0.717, 1.165) is 17.0 Å². The molecule has 5 nitrogen and oxygen atoms in total. The molecule has 0 atom stereocenters.